The predicted octanol–water partition coefficient (Wildman–Crippen LogP) is 11.9. The van der Waals surface area contributed by atoms with Gasteiger partial charge in [-0.2, -0.15) is 0 Å². The third-order valence-electron chi connectivity index (χ3n) is 12.9. The second-order valence-corrected chi connectivity index (χ2v) is 25.0. The molecule has 20 heteroatoms. The van der Waals surface area contributed by atoms with Gasteiger partial charge in [-0.05, 0) is 116 Å². The molecule has 0 saturated heterocycles. The van der Waals surface area contributed by atoms with Crippen molar-refractivity contribution in [2.75, 3.05) is 11.0 Å². The molecule has 9 aromatic rings. The minimum absolute atomic E-state index is 0.124. The van der Waals surface area contributed by atoms with Crippen molar-refractivity contribution in [3.05, 3.63) is 138 Å². The maximum atomic E-state index is 11.5. The fraction of sp³-hybridized carbons (Fsp3) is 0.426. The highest BCUT2D eigenvalue weighted by Gasteiger charge is 2.27. The van der Waals surface area contributed by atoms with E-state index in [9.17, 15) is 13.2 Å². The highest BCUT2D eigenvalue weighted by Crippen LogP contribution is 2.35. The van der Waals surface area contributed by atoms with E-state index in [1.54, 1.807) is 28.8 Å². The minimum Gasteiger partial charge on any atom is -0.478 e. The van der Waals surface area contributed by atoms with Crippen molar-refractivity contribution >= 4 is 61.8 Å². The van der Waals surface area contributed by atoms with Gasteiger partial charge in [-0.15, -0.1) is 30.6 Å². The van der Waals surface area contributed by atoms with Crippen LogP contribution in [0.25, 0.3) is 28.3 Å². The Balaban J connectivity index is 0.000000162. The fourth-order valence-electron chi connectivity index (χ4n) is 8.65. The topological polar surface area (TPSA) is 221 Å². The second-order valence-electron chi connectivity index (χ2n) is 22.5. The maximum Gasteiger partial charge on any atom is 0.335 e. The third-order valence-corrected chi connectivity index (χ3v) is 14.2. The van der Waals surface area contributed by atoms with Crippen LogP contribution >= 0.6 is 23.2 Å². The summed E-state index contributed by atoms with van der Waals surface area (Å²) in [4.78, 5) is 11.2. The molecule has 3 aromatic carbocycles. The van der Waals surface area contributed by atoms with Gasteiger partial charge in [0, 0.05) is 46.2 Å². The first-order valence-corrected chi connectivity index (χ1v) is 27.2. The predicted molar refractivity (Wildman–Crippen MR) is 295 cm³/mol. The van der Waals surface area contributed by atoms with Crippen molar-refractivity contribution in [2.24, 2.45) is 0 Å². The number of nitrogens with one attached hydrogen (secondary N) is 4. The van der Waals surface area contributed by atoms with E-state index in [1.165, 1.54) is 16.7 Å². The molecule has 17 nitrogen and oxygen atoms in total. The van der Waals surface area contributed by atoms with E-state index in [1.807, 2.05) is 48.0 Å². The summed E-state index contributed by atoms with van der Waals surface area (Å²) >= 11 is 12.9. The van der Waals surface area contributed by atoms with Crippen LogP contribution in [0.5, 0.6) is 0 Å². The van der Waals surface area contributed by atoms with Crippen LogP contribution in [0.3, 0.4) is 0 Å². The first-order chi connectivity index (χ1) is 34.4. The summed E-state index contributed by atoms with van der Waals surface area (Å²) in [6.45, 7) is 29.6. The highest BCUT2D eigenvalue weighted by atomic mass is 35.5. The van der Waals surface area contributed by atoms with E-state index >= 15 is 0 Å². The molecule has 0 fully saturated rings. The van der Waals surface area contributed by atoms with Crippen molar-refractivity contribution < 1.29 is 18.3 Å². The van der Waals surface area contributed by atoms with E-state index in [4.69, 9.17) is 28.3 Å². The number of sulfonamides is 1. The number of fused-ring (bicyclic) bond motifs is 3. The summed E-state index contributed by atoms with van der Waals surface area (Å²) in [5.41, 5.74) is 13.5. The molecule has 0 bridgehead atoms. The summed E-state index contributed by atoms with van der Waals surface area (Å²) in [7, 11) is -3.37. The van der Waals surface area contributed by atoms with Gasteiger partial charge < -0.3 is 5.11 Å². The number of H-pyrrole nitrogens is 3. The maximum absolute atomic E-state index is 11.5. The molecule has 0 aliphatic heterocycles. The second kappa shape index (κ2) is 21.0. The summed E-state index contributed by atoms with van der Waals surface area (Å²) in [6, 6.07) is 19.5. The van der Waals surface area contributed by atoms with Crippen LogP contribution in [0.4, 0.5) is 5.69 Å². The molecule has 6 aromatic heterocycles. The largest absolute Gasteiger partial charge is 0.478 e. The first kappa shape index (κ1) is 55.3. The SMILES string of the molecule is Cc1cc(NS(C)(=O)=O)cc(-c2nnc3c(Cl)c(C(C)(C)C)[nH]n23)c1.Cc1cc2nnc(C(C)CCc3cc(C(C)(C)C)ccc3C)n2[nH]1.Cc1ccc(C(=O)O)cc1CCc1nnc2c(Cl)c(C(C)(C)C)[nH]n12. The molecular weight excluding hydrogens is 998 g/mol. The Morgan fingerprint density at radius 1 is 0.676 bits per heavy atom. The van der Waals surface area contributed by atoms with Gasteiger partial charge in [-0.25, -0.2) is 26.8 Å². The molecule has 0 spiro atoms. The van der Waals surface area contributed by atoms with Crippen LogP contribution in [-0.2, 0) is 45.5 Å². The van der Waals surface area contributed by atoms with Gasteiger partial charge in [-0.3, -0.25) is 20.0 Å². The highest BCUT2D eigenvalue weighted by molar-refractivity contribution is 7.92. The van der Waals surface area contributed by atoms with Gasteiger partial charge in [0.25, 0.3) is 0 Å². The Labute approximate surface area is 442 Å². The van der Waals surface area contributed by atoms with Crippen LogP contribution in [0.1, 0.15) is 154 Å². The number of aryl methyl sites for hydroxylation is 7. The van der Waals surface area contributed by atoms with Crippen LogP contribution in [0.2, 0.25) is 10.0 Å². The molecule has 74 heavy (non-hydrogen) atoms. The number of hydrogen-bond acceptors (Lipinski definition) is 9. The van der Waals surface area contributed by atoms with E-state index in [0.29, 0.717) is 57.2 Å². The average molecular weight is 1070 g/mol. The number of hydrogen-bond donors (Lipinski definition) is 5. The quantitative estimate of drug-likeness (QED) is 0.0824. The van der Waals surface area contributed by atoms with Crippen LogP contribution < -0.4 is 4.72 Å². The lowest BCUT2D eigenvalue weighted by Gasteiger charge is -2.21. The van der Waals surface area contributed by atoms with Crippen molar-refractivity contribution in [3.8, 4) is 11.4 Å². The Bertz CT molecular complexity index is 3610. The zero-order valence-electron chi connectivity index (χ0n) is 45.0. The summed E-state index contributed by atoms with van der Waals surface area (Å²) in [5.74, 6) is 1.79. The van der Waals surface area contributed by atoms with Gasteiger partial charge in [0.15, 0.2) is 34.4 Å². The number of rotatable bonds is 11. The number of carboxylic acid groups (broad SMARTS) is 1. The van der Waals surface area contributed by atoms with E-state index in [2.05, 4.69) is 145 Å². The lowest BCUT2D eigenvalue weighted by atomic mass is 9.84. The van der Waals surface area contributed by atoms with E-state index < -0.39 is 16.0 Å². The normalized spacial score (nSPS) is 12.8. The van der Waals surface area contributed by atoms with E-state index in [0.717, 1.165) is 75.7 Å². The van der Waals surface area contributed by atoms with Crippen LogP contribution in [0, 0.1) is 27.7 Å². The smallest absolute Gasteiger partial charge is 0.335 e. The van der Waals surface area contributed by atoms with Crippen molar-refractivity contribution in [3.63, 3.8) is 0 Å². The molecule has 394 valence electrons. The zero-order chi connectivity index (χ0) is 54.4. The van der Waals surface area contributed by atoms with Crippen molar-refractivity contribution in [1.29, 1.82) is 0 Å². The molecule has 0 radical (unpaired) electrons. The fourth-order valence-corrected chi connectivity index (χ4v) is 10.1. The number of carbonyl (C=O) groups is 1. The van der Waals surface area contributed by atoms with Gasteiger partial charge in [-0.1, -0.05) is 117 Å². The van der Waals surface area contributed by atoms with Gasteiger partial charge in [0.1, 0.15) is 10.0 Å². The molecule has 0 amide bonds. The Morgan fingerprint density at radius 3 is 1.88 bits per heavy atom. The molecule has 1 unspecified atom stereocenters. The number of carboxylic acids is 1. The molecule has 5 N–H and O–H groups in total. The van der Waals surface area contributed by atoms with Gasteiger partial charge >= 0.3 is 5.97 Å². The summed E-state index contributed by atoms with van der Waals surface area (Å²) < 4.78 is 31.1. The third kappa shape index (κ3) is 12.5. The summed E-state index contributed by atoms with van der Waals surface area (Å²) in [6.07, 6.45) is 4.55. The lowest BCUT2D eigenvalue weighted by molar-refractivity contribution is 0.0696. The lowest BCUT2D eigenvalue weighted by Crippen LogP contribution is -2.13. The number of aromatic nitrogens is 12. The molecule has 9 rings (SSSR count). The van der Waals surface area contributed by atoms with Gasteiger partial charge in [0.2, 0.25) is 10.0 Å². The number of anilines is 1. The van der Waals surface area contributed by atoms with Crippen molar-refractivity contribution in [1.82, 2.24) is 59.4 Å². The number of halogens is 2. The number of aromatic amines is 3. The van der Waals surface area contributed by atoms with Crippen molar-refractivity contribution in [2.45, 2.75) is 145 Å². The molecule has 0 saturated carbocycles. The molecule has 0 aliphatic carbocycles. The first-order valence-electron chi connectivity index (χ1n) is 24.6. The number of benzene rings is 3. The molecule has 0 aliphatic rings. The zero-order valence-corrected chi connectivity index (χ0v) is 47.4. The Hall–Kier alpha value is -6.50. The Kier molecular flexibility index (Phi) is 15.7. The molecular formula is C54H69Cl2N13O4S. The standard InChI is InChI=1S/C20H28N4.C18H21ClN4O2.C16H20ClN5O2S/c1-13-8-10-17(20(4,5)6)12-16(13)9-7-14(2)19-22-21-18-11-15(3)23-24(18)19;1-10-5-6-12(17(24)25)9-11(10)7-8-13-20-21-16-14(19)15(18(2,3)4)22-23(13)16;1-9-6-10(8-11(7-9)21-25(5,23)24)14-18-19-15-12(17)13(16(2,3)4)20-22(14)15/h8,10-12,14,23H,7,9H2,1-6H3;5-6,9,22H,7-8H2,1-4H3,(H,24,25);6-8,20-21H,1-5H3. The monoisotopic (exact) mass is 1070 g/mol. The number of aromatic carboxylic acids is 1. The van der Waals surface area contributed by atoms with Crippen LogP contribution in [0.15, 0.2) is 60.7 Å². The summed E-state index contributed by atoms with van der Waals surface area (Å²) in [5, 5.41) is 45.6. The Morgan fingerprint density at radius 2 is 1.27 bits per heavy atom. The van der Waals surface area contributed by atoms with E-state index in [-0.39, 0.29) is 16.2 Å². The average Bonchev–Trinajstić information content (AvgIpc) is 4.14. The molecule has 6 heterocycles. The minimum atomic E-state index is -3.37. The van der Waals surface area contributed by atoms with Gasteiger partial charge in [0.05, 0.1) is 23.2 Å². The van der Waals surface area contributed by atoms with Crippen LogP contribution in [-0.4, -0.2) is 85.2 Å². The number of nitrogens with zero attached hydrogens (tertiary/aromatic N) is 9. The molecule has 1 atom stereocenters.